The second kappa shape index (κ2) is 21.1. The third kappa shape index (κ3) is 14.1. The first-order valence-electron chi connectivity index (χ1n) is 18.5. The van der Waals surface area contributed by atoms with Crippen LogP contribution in [0.25, 0.3) is 0 Å². The summed E-state index contributed by atoms with van der Waals surface area (Å²) in [5, 5.41) is 12.6. The van der Waals surface area contributed by atoms with Crippen LogP contribution in [-0.4, -0.2) is 42.7 Å². The van der Waals surface area contributed by atoms with Crippen LogP contribution in [0.5, 0.6) is 0 Å². The topological polar surface area (TPSA) is 0 Å². The SMILES string of the molecule is CCC[CH2][Ge](/[CH]=C/[Si](C)(C)c1ccc([Si](C)(C)/C=[CH]/[Ge]([CH2]CCC)([CH2]CCC)[CH2]CCC)cc1)([CH2]CCC)[CH2]CCC. The first kappa shape index (κ1) is 40.2. The molecule has 0 radical (unpaired) electrons. The molecule has 0 spiro atoms. The van der Waals surface area contributed by atoms with Crippen molar-refractivity contribution in [3.05, 3.63) is 45.5 Å². The average molecular weight is 732 g/mol. The summed E-state index contributed by atoms with van der Waals surface area (Å²) in [6.45, 7) is 24.7. The summed E-state index contributed by atoms with van der Waals surface area (Å²) >= 11 is -3.92. The van der Waals surface area contributed by atoms with E-state index in [1.165, 1.54) is 77.0 Å². The van der Waals surface area contributed by atoms with E-state index < -0.39 is 42.7 Å². The molecule has 0 bridgehead atoms. The molecule has 0 unspecified atom stereocenters. The van der Waals surface area contributed by atoms with Crippen molar-refractivity contribution in [3.8, 4) is 0 Å². The molecule has 0 amide bonds. The zero-order chi connectivity index (χ0) is 31.5. The van der Waals surface area contributed by atoms with Crippen molar-refractivity contribution in [1.29, 1.82) is 0 Å². The van der Waals surface area contributed by atoms with Gasteiger partial charge in [-0.15, -0.1) is 0 Å². The summed E-state index contributed by atoms with van der Waals surface area (Å²) in [4.78, 5) is 5.86. The quantitative estimate of drug-likeness (QED) is 0.0929. The Kier molecular flexibility index (Phi) is 20.2. The Morgan fingerprint density at radius 2 is 0.643 bits per heavy atom. The van der Waals surface area contributed by atoms with Gasteiger partial charge in [-0.05, 0) is 0 Å². The molecule has 0 aromatic heterocycles. The van der Waals surface area contributed by atoms with Gasteiger partial charge in [0.25, 0.3) is 0 Å². The van der Waals surface area contributed by atoms with Crippen LogP contribution in [0.1, 0.15) is 119 Å². The summed E-state index contributed by atoms with van der Waals surface area (Å²) < 4.78 is 0. The van der Waals surface area contributed by atoms with Gasteiger partial charge in [0.1, 0.15) is 0 Å². The van der Waals surface area contributed by atoms with Crippen molar-refractivity contribution in [1.82, 2.24) is 0 Å². The van der Waals surface area contributed by atoms with Gasteiger partial charge in [-0.25, -0.2) is 0 Å². The van der Waals surface area contributed by atoms with Crippen molar-refractivity contribution in [3.63, 3.8) is 0 Å². The van der Waals surface area contributed by atoms with E-state index in [9.17, 15) is 0 Å². The van der Waals surface area contributed by atoms with Crippen molar-refractivity contribution >= 4 is 53.1 Å². The Bertz CT molecular complexity index is 768. The summed E-state index contributed by atoms with van der Waals surface area (Å²) in [5.74, 6) is 0. The van der Waals surface area contributed by atoms with Gasteiger partial charge in [-0.2, -0.15) is 0 Å². The van der Waals surface area contributed by atoms with Gasteiger partial charge in [-0.3, -0.25) is 0 Å². The molecule has 0 atom stereocenters. The Hall–Kier alpha value is 0.219. The van der Waals surface area contributed by atoms with Gasteiger partial charge in [0.15, 0.2) is 0 Å². The van der Waals surface area contributed by atoms with Gasteiger partial charge < -0.3 is 0 Å². The Labute approximate surface area is 273 Å². The Balaban J connectivity index is 3.26. The summed E-state index contributed by atoms with van der Waals surface area (Å²) in [6, 6.07) is 10.2. The van der Waals surface area contributed by atoms with E-state index in [2.05, 4.69) is 113 Å². The molecule has 1 aromatic rings. The number of benzene rings is 1. The predicted octanol–water partition coefficient (Wildman–Crippen LogP) is 12.5. The monoisotopic (exact) mass is 734 g/mol. The number of rotatable bonds is 24. The molecule has 0 saturated heterocycles. The molecule has 0 aliphatic carbocycles. The van der Waals surface area contributed by atoms with Crippen LogP contribution in [-0.2, 0) is 0 Å². The van der Waals surface area contributed by atoms with Crippen LogP contribution in [0.4, 0.5) is 0 Å². The van der Waals surface area contributed by atoms with Crippen molar-refractivity contribution < 1.29 is 0 Å². The molecule has 0 aliphatic heterocycles. The predicted molar refractivity (Wildman–Crippen MR) is 209 cm³/mol. The number of hydrogen-bond acceptors (Lipinski definition) is 0. The van der Waals surface area contributed by atoms with Gasteiger partial charge >= 0.3 is 275 Å². The molecule has 0 fully saturated rings. The van der Waals surface area contributed by atoms with E-state index in [1.54, 1.807) is 41.9 Å². The van der Waals surface area contributed by atoms with Crippen molar-refractivity contribution in [2.45, 2.75) is 176 Å². The fraction of sp³-hybridized carbons (Fsp3) is 0.737. The van der Waals surface area contributed by atoms with Gasteiger partial charge in [0.05, 0.1) is 0 Å². The van der Waals surface area contributed by atoms with Crippen LogP contribution in [0.3, 0.4) is 0 Å². The second-order valence-corrected chi connectivity index (χ2v) is 42.9. The third-order valence-electron chi connectivity index (χ3n) is 10.2. The van der Waals surface area contributed by atoms with E-state index in [0.29, 0.717) is 0 Å². The normalized spacial score (nSPS) is 13.6. The molecule has 0 saturated carbocycles. The van der Waals surface area contributed by atoms with Gasteiger partial charge in [0, 0.05) is 0 Å². The molecule has 242 valence electrons. The first-order chi connectivity index (χ1) is 20.0. The van der Waals surface area contributed by atoms with Crippen LogP contribution in [0.2, 0.25) is 57.7 Å². The van der Waals surface area contributed by atoms with Crippen LogP contribution < -0.4 is 10.4 Å². The van der Waals surface area contributed by atoms with Crippen LogP contribution in [0.15, 0.2) is 45.5 Å². The van der Waals surface area contributed by atoms with E-state index in [-0.39, 0.29) is 0 Å². The van der Waals surface area contributed by atoms with E-state index in [1.807, 2.05) is 0 Å². The number of hydrogen-bond donors (Lipinski definition) is 0. The minimum atomic E-state index is -1.96. The molecule has 4 heteroatoms. The Morgan fingerprint density at radius 3 is 0.833 bits per heavy atom. The molecular formula is C38H74Ge2Si2. The Morgan fingerprint density at radius 1 is 0.429 bits per heavy atom. The molecule has 42 heavy (non-hydrogen) atoms. The zero-order valence-corrected chi connectivity index (χ0v) is 36.5. The fourth-order valence-corrected chi connectivity index (χ4v) is 38.9. The first-order valence-corrected chi connectivity index (χ1v) is 36.0. The number of unbranched alkanes of at least 4 members (excludes halogenated alkanes) is 6. The third-order valence-corrected chi connectivity index (χ3v) is 37.9. The van der Waals surface area contributed by atoms with Crippen molar-refractivity contribution in [2.75, 3.05) is 0 Å². The van der Waals surface area contributed by atoms with E-state index >= 15 is 0 Å². The fourth-order valence-electron chi connectivity index (χ4n) is 6.72. The van der Waals surface area contributed by atoms with Crippen LogP contribution >= 0.6 is 0 Å². The molecule has 0 aliphatic rings. The van der Waals surface area contributed by atoms with Gasteiger partial charge in [0.2, 0.25) is 0 Å². The molecule has 0 nitrogen and oxygen atoms in total. The molecule has 0 N–H and O–H groups in total. The van der Waals surface area contributed by atoms with Crippen LogP contribution in [0, 0.1) is 0 Å². The second-order valence-electron chi connectivity index (χ2n) is 15.0. The molecule has 1 aromatic carbocycles. The minimum absolute atomic E-state index is 1.36. The summed E-state index contributed by atoms with van der Waals surface area (Å²) in [7, 11) is -3.22. The molecular weight excluding hydrogens is 658 g/mol. The van der Waals surface area contributed by atoms with E-state index in [4.69, 9.17) is 0 Å². The molecule has 1 rings (SSSR count). The maximum absolute atomic E-state index is 2.93. The van der Waals surface area contributed by atoms with Crippen molar-refractivity contribution in [2.24, 2.45) is 0 Å². The summed E-state index contributed by atoms with van der Waals surface area (Å²) in [6.07, 6.45) is 16.8. The maximum atomic E-state index is 2.93. The zero-order valence-electron chi connectivity index (χ0n) is 30.3. The summed E-state index contributed by atoms with van der Waals surface area (Å²) in [5.41, 5.74) is 5.62. The van der Waals surface area contributed by atoms with Gasteiger partial charge in [-0.1, -0.05) is 0 Å². The van der Waals surface area contributed by atoms with E-state index in [0.717, 1.165) is 0 Å². The standard InChI is InChI=1S/C38H74Ge2Si2/c1-11-17-27-39(28-18-12-2,29-19-13-3)33-35-41(7,8)37-23-25-38(26-24-37)42(9,10)36-34-40(30-20-14-4,31-21-15-5)32-22-16-6/h23-26,33-36H,11-22,27-32H2,1-10H3/b35-33+,36-34+. The molecule has 0 heterocycles. The average Bonchev–Trinajstić information content (AvgIpc) is 2.99.